The predicted molar refractivity (Wildman–Crippen MR) is 76.6 cm³/mol. The molecule has 0 aliphatic heterocycles. The fourth-order valence-corrected chi connectivity index (χ4v) is 2.75. The van der Waals surface area contributed by atoms with Crippen LogP contribution < -0.4 is 11.1 Å². The zero-order valence-corrected chi connectivity index (χ0v) is 11.9. The summed E-state index contributed by atoms with van der Waals surface area (Å²) in [5.74, 6) is -0.375. The molecule has 104 valence electrons. The Morgan fingerprint density at radius 2 is 2.00 bits per heavy atom. The van der Waals surface area contributed by atoms with Crippen molar-refractivity contribution >= 4 is 34.8 Å². The molecule has 1 aromatic rings. The smallest absolute Gasteiger partial charge is 0.253 e. The molecule has 0 spiro atoms. The van der Waals surface area contributed by atoms with Gasteiger partial charge in [-0.25, -0.2) is 0 Å². The summed E-state index contributed by atoms with van der Waals surface area (Å²) in [6.45, 7) is 0.217. The number of nitrogen functional groups attached to an aromatic ring is 1. The third kappa shape index (κ3) is 3.32. The second-order valence-electron chi connectivity index (χ2n) is 4.98. The van der Waals surface area contributed by atoms with Crippen LogP contribution in [-0.4, -0.2) is 23.2 Å². The van der Waals surface area contributed by atoms with E-state index in [2.05, 4.69) is 5.32 Å². The molecule has 1 aromatic carbocycles. The van der Waals surface area contributed by atoms with Crippen molar-refractivity contribution in [2.24, 2.45) is 0 Å². The normalized spacial score (nSPS) is 17.4. The van der Waals surface area contributed by atoms with Crippen molar-refractivity contribution in [3.05, 3.63) is 27.7 Å². The molecule has 4 nitrogen and oxygen atoms in total. The standard InChI is InChI=1S/C13H16Cl2N2O2/c14-10-6-8(16)5-9(11(10)15)12(18)17-7-13(19)3-1-2-4-13/h5-6,19H,1-4,7,16H2,(H,17,18). The molecular formula is C13H16Cl2N2O2. The Morgan fingerprint density at radius 3 is 2.63 bits per heavy atom. The topological polar surface area (TPSA) is 75.4 Å². The zero-order chi connectivity index (χ0) is 14.0. The van der Waals surface area contributed by atoms with Crippen LogP contribution in [0.3, 0.4) is 0 Å². The molecule has 0 atom stereocenters. The Morgan fingerprint density at radius 1 is 1.37 bits per heavy atom. The summed E-state index contributed by atoms with van der Waals surface area (Å²) in [6, 6.07) is 2.97. The van der Waals surface area contributed by atoms with Crippen molar-refractivity contribution in [3.63, 3.8) is 0 Å². The Kier molecular flexibility index (Phi) is 4.23. The fraction of sp³-hybridized carbons (Fsp3) is 0.462. The first-order chi connectivity index (χ1) is 8.91. The van der Waals surface area contributed by atoms with Crippen molar-refractivity contribution in [3.8, 4) is 0 Å². The highest BCUT2D eigenvalue weighted by Gasteiger charge is 2.31. The fourth-order valence-electron chi connectivity index (χ4n) is 2.33. The number of hydrogen-bond acceptors (Lipinski definition) is 3. The third-order valence-electron chi connectivity index (χ3n) is 3.41. The minimum Gasteiger partial charge on any atom is -0.399 e. The number of carbonyl (C=O) groups excluding carboxylic acids is 1. The zero-order valence-electron chi connectivity index (χ0n) is 10.4. The van der Waals surface area contributed by atoms with Crippen LogP contribution in [0.5, 0.6) is 0 Å². The van der Waals surface area contributed by atoms with Gasteiger partial charge in [0, 0.05) is 12.2 Å². The highest BCUT2D eigenvalue weighted by atomic mass is 35.5. The van der Waals surface area contributed by atoms with Gasteiger partial charge in [-0.05, 0) is 25.0 Å². The molecule has 1 saturated carbocycles. The molecule has 2 rings (SSSR count). The number of aliphatic hydroxyl groups is 1. The average molecular weight is 303 g/mol. The SMILES string of the molecule is Nc1cc(Cl)c(Cl)c(C(=O)NCC2(O)CCCC2)c1. The van der Waals surface area contributed by atoms with Crippen LogP contribution >= 0.6 is 23.2 Å². The number of halogens is 2. The van der Waals surface area contributed by atoms with Gasteiger partial charge in [-0.3, -0.25) is 4.79 Å². The minimum absolute atomic E-state index is 0.173. The number of nitrogens with two attached hydrogens (primary N) is 1. The van der Waals surface area contributed by atoms with Gasteiger partial charge in [0.25, 0.3) is 5.91 Å². The molecule has 1 aliphatic carbocycles. The van der Waals surface area contributed by atoms with Gasteiger partial charge in [0.1, 0.15) is 0 Å². The van der Waals surface area contributed by atoms with Crippen LogP contribution in [0.25, 0.3) is 0 Å². The van der Waals surface area contributed by atoms with Crippen LogP contribution in [0.15, 0.2) is 12.1 Å². The maximum atomic E-state index is 12.0. The molecule has 0 saturated heterocycles. The van der Waals surface area contributed by atoms with E-state index in [4.69, 9.17) is 28.9 Å². The summed E-state index contributed by atoms with van der Waals surface area (Å²) >= 11 is 11.9. The van der Waals surface area contributed by atoms with Crippen molar-refractivity contribution in [1.82, 2.24) is 5.32 Å². The van der Waals surface area contributed by atoms with E-state index in [1.807, 2.05) is 0 Å². The molecule has 1 amide bonds. The summed E-state index contributed by atoms with van der Waals surface area (Å²) < 4.78 is 0. The van der Waals surface area contributed by atoms with Gasteiger partial charge in [-0.1, -0.05) is 36.0 Å². The van der Waals surface area contributed by atoms with Crippen LogP contribution in [0.1, 0.15) is 36.0 Å². The van der Waals surface area contributed by atoms with Gasteiger partial charge in [-0.15, -0.1) is 0 Å². The molecule has 0 heterocycles. The first-order valence-electron chi connectivity index (χ1n) is 6.16. The van der Waals surface area contributed by atoms with Gasteiger partial charge in [0.2, 0.25) is 0 Å². The van der Waals surface area contributed by atoms with Gasteiger partial charge < -0.3 is 16.2 Å². The monoisotopic (exact) mass is 302 g/mol. The van der Waals surface area contributed by atoms with Crippen LogP contribution in [0, 0.1) is 0 Å². The molecule has 0 aromatic heterocycles. The van der Waals surface area contributed by atoms with Crippen LogP contribution in [0.4, 0.5) is 5.69 Å². The second-order valence-corrected chi connectivity index (χ2v) is 5.76. The van der Waals surface area contributed by atoms with Crippen molar-refractivity contribution in [1.29, 1.82) is 0 Å². The van der Waals surface area contributed by atoms with Crippen LogP contribution in [-0.2, 0) is 0 Å². The van der Waals surface area contributed by atoms with Crippen molar-refractivity contribution in [2.45, 2.75) is 31.3 Å². The summed E-state index contributed by atoms with van der Waals surface area (Å²) in [4.78, 5) is 12.0. The predicted octanol–water partition coefficient (Wildman–Crippen LogP) is 2.61. The molecule has 19 heavy (non-hydrogen) atoms. The minimum atomic E-state index is -0.799. The number of amides is 1. The Bertz CT molecular complexity index is 500. The lowest BCUT2D eigenvalue weighted by molar-refractivity contribution is 0.0450. The summed E-state index contributed by atoms with van der Waals surface area (Å²) in [5, 5.41) is 13.3. The maximum Gasteiger partial charge on any atom is 0.253 e. The average Bonchev–Trinajstić information content (AvgIpc) is 2.78. The van der Waals surface area contributed by atoms with E-state index in [1.54, 1.807) is 0 Å². The number of anilines is 1. The highest BCUT2D eigenvalue weighted by molar-refractivity contribution is 6.44. The largest absolute Gasteiger partial charge is 0.399 e. The molecular weight excluding hydrogens is 287 g/mol. The second kappa shape index (κ2) is 5.57. The molecule has 1 aliphatic rings. The van der Waals surface area contributed by atoms with Crippen molar-refractivity contribution < 1.29 is 9.90 Å². The first kappa shape index (κ1) is 14.4. The van der Waals surface area contributed by atoms with Gasteiger partial charge in [0.05, 0.1) is 21.2 Å². The molecule has 0 radical (unpaired) electrons. The third-order valence-corrected chi connectivity index (χ3v) is 4.21. The van der Waals surface area contributed by atoms with E-state index in [0.717, 1.165) is 12.8 Å². The van der Waals surface area contributed by atoms with Gasteiger partial charge >= 0.3 is 0 Å². The number of rotatable bonds is 3. The van der Waals surface area contributed by atoms with E-state index in [-0.39, 0.29) is 28.1 Å². The Hall–Kier alpha value is -0.970. The summed E-state index contributed by atoms with van der Waals surface area (Å²) in [5.41, 5.74) is 5.44. The maximum absolute atomic E-state index is 12.0. The summed E-state index contributed by atoms with van der Waals surface area (Å²) in [6.07, 6.45) is 3.38. The lowest BCUT2D eigenvalue weighted by Crippen LogP contribution is -2.40. The van der Waals surface area contributed by atoms with Crippen LogP contribution in [0.2, 0.25) is 10.0 Å². The molecule has 4 N–H and O–H groups in total. The Balaban J connectivity index is 2.08. The quantitative estimate of drug-likeness (QED) is 0.751. The molecule has 6 heteroatoms. The number of benzene rings is 1. The number of nitrogens with one attached hydrogen (secondary N) is 1. The van der Waals surface area contributed by atoms with Gasteiger partial charge in [0.15, 0.2) is 0 Å². The van der Waals surface area contributed by atoms with E-state index >= 15 is 0 Å². The number of hydrogen-bond donors (Lipinski definition) is 3. The molecule has 0 unspecified atom stereocenters. The first-order valence-corrected chi connectivity index (χ1v) is 6.92. The molecule has 0 bridgehead atoms. The van der Waals surface area contributed by atoms with E-state index in [0.29, 0.717) is 18.5 Å². The summed E-state index contributed by atoms with van der Waals surface area (Å²) in [7, 11) is 0. The van der Waals surface area contributed by atoms with E-state index in [9.17, 15) is 9.90 Å². The lowest BCUT2D eigenvalue weighted by Gasteiger charge is -2.22. The van der Waals surface area contributed by atoms with E-state index in [1.165, 1.54) is 12.1 Å². The lowest BCUT2D eigenvalue weighted by atomic mass is 10.0. The molecule has 1 fully saturated rings. The number of carbonyl (C=O) groups is 1. The van der Waals surface area contributed by atoms with Gasteiger partial charge in [-0.2, -0.15) is 0 Å². The van der Waals surface area contributed by atoms with E-state index < -0.39 is 5.60 Å². The van der Waals surface area contributed by atoms with Crippen molar-refractivity contribution in [2.75, 3.05) is 12.3 Å². The highest BCUT2D eigenvalue weighted by Crippen LogP contribution is 2.30. The Labute approximate surface area is 121 Å².